The van der Waals surface area contributed by atoms with E-state index in [1.807, 2.05) is 6.07 Å². The van der Waals surface area contributed by atoms with Crippen LogP contribution >= 0.6 is 11.3 Å². The fourth-order valence-electron chi connectivity index (χ4n) is 4.11. The zero-order chi connectivity index (χ0) is 21.8. The van der Waals surface area contributed by atoms with Crippen molar-refractivity contribution in [3.63, 3.8) is 0 Å². The van der Waals surface area contributed by atoms with Crippen molar-refractivity contribution in [1.82, 2.24) is 4.57 Å². The number of para-hydroxylation sites is 1. The first kappa shape index (κ1) is 21.2. The van der Waals surface area contributed by atoms with Gasteiger partial charge in [-0.05, 0) is 57.1 Å². The highest BCUT2D eigenvalue weighted by molar-refractivity contribution is 7.07. The van der Waals surface area contributed by atoms with E-state index in [4.69, 9.17) is 4.99 Å². The smallest absolute Gasteiger partial charge is 0.270 e. The molecular weight excluding hydrogens is 406 g/mol. The summed E-state index contributed by atoms with van der Waals surface area (Å²) in [4.78, 5) is 16.9. The molecule has 0 bridgehead atoms. The SMILES string of the molecule is Cc1cccc(C)c1N=c1scc(-c2cccc([N+](=O)[O-])c2)n1CCC1=CCCCC1. The number of allylic oxidation sites excluding steroid dienone is 2. The van der Waals surface area contributed by atoms with Gasteiger partial charge in [0.25, 0.3) is 5.69 Å². The van der Waals surface area contributed by atoms with Gasteiger partial charge < -0.3 is 4.57 Å². The zero-order valence-electron chi connectivity index (χ0n) is 18.0. The lowest BCUT2D eigenvalue weighted by Gasteiger charge is -2.15. The highest BCUT2D eigenvalue weighted by Gasteiger charge is 2.14. The molecule has 0 unspecified atom stereocenters. The Morgan fingerprint density at radius 1 is 1.13 bits per heavy atom. The molecule has 0 fully saturated rings. The minimum Gasteiger partial charge on any atom is -0.316 e. The van der Waals surface area contributed by atoms with Gasteiger partial charge in [-0.25, -0.2) is 4.99 Å². The Morgan fingerprint density at radius 2 is 1.90 bits per heavy atom. The van der Waals surface area contributed by atoms with Gasteiger partial charge in [-0.15, -0.1) is 11.3 Å². The molecule has 31 heavy (non-hydrogen) atoms. The number of non-ortho nitro benzene ring substituents is 1. The second-order valence-electron chi connectivity index (χ2n) is 8.07. The fourth-order valence-corrected chi connectivity index (χ4v) is 5.05. The van der Waals surface area contributed by atoms with Crippen molar-refractivity contribution in [3.8, 4) is 11.3 Å². The maximum atomic E-state index is 11.3. The van der Waals surface area contributed by atoms with Crippen LogP contribution in [0.25, 0.3) is 11.3 Å². The van der Waals surface area contributed by atoms with Crippen molar-refractivity contribution in [2.75, 3.05) is 0 Å². The minimum absolute atomic E-state index is 0.110. The van der Waals surface area contributed by atoms with E-state index in [0.717, 1.165) is 45.8 Å². The van der Waals surface area contributed by atoms with Crippen molar-refractivity contribution < 1.29 is 4.92 Å². The van der Waals surface area contributed by atoms with Gasteiger partial charge in [0, 0.05) is 29.6 Å². The predicted octanol–water partition coefficient (Wildman–Crippen LogP) is 6.86. The van der Waals surface area contributed by atoms with Crippen molar-refractivity contribution in [1.29, 1.82) is 0 Å². The van der Waals surface area contributed by atoms with E-state index in [1.54, 1.807) is 23.5 Å². The largest absolute Gasteiger partial charge is 0.316 e. The summed E-state index contributed by atoms with van der Waals surface area (Å²) in [7, 11) is 0. The summed E-state index contributed by atoms with van der Waals surface area (Å²) >= 11 is 1.59. The summed E-state index contributed by atoms with van der Waals surface area (Å²) in [5.41, 5.74) is 6.74. The lowest BCUT2D eigenvalue weighted by Crippen LogP contribution is -2.17. The van der Waals surface area contributed by atoms with Gasteiger partial charge in [-0.3, -0.25) is 10.1 Å². The summed E-state index contributed by atoms with van der Waals surface area (Å²) in [5.74, 6) is 0. The van der Waals surface area contributed by atoms with E-state index in [2.05, 4.69) is 48.1 Å². The Kier molecular flexibility index (Phi) is 6.47. The molecule has 1 aliphatic carbocycles. The Bertz CT molecular complexity index is 1180. The van der Waals surface area contributed by atoms with E-state index in [-0.39, 0.29) is 10.6 Å². The molecule has 3 aromatic rings. The molecule has 0 radical (unpaired) electrons. The predicted molar refractivity (Wildman–Crippen MR) is 127 cm³/mol. The summed E-state index contributed by atoms with van der Waals surface area (Å²) in [6.45, 7) is 4.98. The van der Waals surface area contributed by atoms with E-state index < -0.39 is 0 Å². The van der Waals surface area contributed by atoms with Gasteiger partial charge in [0.1, 0.15) is 0 Å². The number of hydrogen-bond acceptors (Lipinski definition) is 4. The highest BCUT2D eigenvalue weighted by atomic mass is 32.1. The number of rotatable bonds is 6. The molecule has 5 nitrogen and oxygen atoms in total. The zero-order valence-corrected chi connectivity index (χ0v) is 18.8. The maximum absolute atomic E-state index is 11.3. The number of benzene rings is 2. The molecular formula is C25H27N3O2S. The van der Waals surface area contributed by atoms with Crippen LogP contribution in [0.3, 0.4) is 0 Å². The van der Waals surface area contributed by atoms with Gasteiger partial charge in [-0.2, -0.15) is 0 Å². The van der Waals surface area contributed by atoms with Crippen molar-refractivity contribution >= 4 is 22.7 Å². The standard InChI is InChI=1S/C25H27N3O2S/c1-18-8-6-9-19(2)24(18)26-25-27(15-14-20-10-4-3-5-11-20)23(17-31-25)21-12-7-13-22(16-21)28(29)30/h6-10,12-13,16-17H,3-5,11,14-15H2,1-2H3. The van der Waals surface area contributed by atoms with Gasteiger partial charge in [0.05, 0.1) is 16.3 Å². The maximum Gasteiger partial charge on any atom is 0.270 e. The third-order valence-electron chi connectivity index (χ3n) is 5.84. The third kappa shape index (κ3) is 4.85. The normalized spacial score (nSPS) is 14.5. The van der Waals surface area contributed by atoms with Crippen molar-refractivity contribution in [2.45, 2.75) is 52.5 Å². The number of aryl methyl sites for hydroxylation is 2. The average molecular weight is 434 g/mol. The summed E-state index contributed by atoms with van der Waals surface area (Å²) < 4.78 is 2.23. The van der Waals surface area contributed by atoms with Crippen LogP contribution in [-0.4, -0.2) is 9.49 Å². The molecule has 0 aliphatic heterocycles. The summed E-state index contributed by atoms with van der Waals surface area (Å²) in [6, 6.07) is 13.1. The topological polar surface area (TPSA) is 60.4 Å². The molecule has 0 spiro atoms. The molecule has 6 heteroatoms. The van der Waals surface area contributed by atoms with Crippen molar-refractivity contribution in [2.24, 2.45) is 4.99 Å². The van der Waals surface area contributed by atoms with Gasteiger partial charge in [0.2, 0.25) is 0 Å². The number of thiazole rings is 1. The molecule has 0 N–H and O–H groups in total. The molecule has 1 aromatic heterocycles. The summed E-state index contributed by atoms with van der Waals surface area (Å²) in [6.07, 6.45) is 8.24. The number of nitro groups is 1. The van der Waals surface area contributed by atoms with Gasteiger partial charge in [-0.1, -0.05) is 42.0 Å². The van der Waals surface area contributed by atoms with Crippen LogP contribution in [0.2, 0.25) is 0 Å². The summed E-state index contributed by atoms with van der Waals surface area (Å²) in [5, 5.41) is 13.4. The highest BCUT2D eigenvalue weighted by Crippen LogP contribution is 2.28. The van der Waals surface area contributed by atoms with Crippen LogP contribution in [-0.2, 0) is 6.54 Å². The molecule has 1 aliphatic rings. The number of hydrogen-bond donors (Lipinski definition) is 0. The van der Waals surface area contributed by atoms with E-state index >= 15 is 0 Å². The van der Waals surface area contributed by atoms with Crippen LogP contribution in [0.15, 0.2) is 64.5 Å². The molecule has 1 heterocycles. The minimum atomic E-state index is -0.338. The van der Waals surface area contributed by atoms with Crippen LogP contribution in [0.1, 0.15) is 43.2 Å². The second kappa shape index (κ2) is 9.43. The quantitative estimate of drug-likeness (QED) is 0.242. The number of aromatic nitrogens is 1. The molecule has 0 saturated heterocycles. The van der Waals surface area contributed by atoms with Gasteiger partial charge >= 0.3 is 0 Å². The van der Waals surface area contributed by atoms with Crippen LogP contribution in [0, 0.1) is 24.0 Å². The Hall–Kier alpha value is -2.99. The first-order valence-corrected chi connectivity index (χ1v) is 11.6. The molecule has 0 amide bonds. The average Bonchev–Trinajstić information content (AvgIpc) is 3.18. The van der Waals surface area contributed by atoms with Crippen LogP contribution < -0.4 is 4.80 Å². The van der Waals surface area contributed by atoms with E-state index in [0.29, 0.717) is 0 Å². The molecule has 0 saturated carbocycles. The van der Waals surface area contributed by atoms with Gasteiger partial charge in [0.15, 0.2) is 4.80 Å². The van der Waals surface area contributed by atoms with Crippen molar-refractivity contribution in [3.05, 3.63) is 85.5 Å². The molecule has 0 atom stereocenters. The first-order valence-electron chi connectivity index (χ1n) is 10.7. The number of nitrogens with zero attached hydrogens (tertiary/aromatic N) is 3. The van der Waals surface area contributed by atoms with E-state index in [1.165, 1.54) is 37.3 Å². The Balaban J connectivity index is 1.80. The fraction of sp³-hybridized carbons (Fsp3) is 0.320. The lowest BCUT2D eigenvalue weighted by atomic mass is 9.97. The Labute approximate surface area is 186 Å². The van der Waals surface area contributed by atoms with E-state index in [9.17, 15) is 10.1 Å². The monoisotopic (exact) mass is 433 g/mol. The first-order chi connectivity index (χ1) is 15.0. The second-order valence-corrected chi connectivity index (χ2v) is 8.91. The third-order valence-corrected chi connectivity index (χ3v) is 6.70. The molecule has 160 valence electrons. The molecule has 2 aromatic carbocycles. The lowest BCUT2D eigenvalue weighted by molar-refractivity contribution is -0.384. The number of nitro benzene ring substituents is 1. The van der Waals surface area contributed by atoms with Crippen LogP contribution in [0.5, 0.6) is 0 Å². The van der Waals surface area contributed by atoms with Crippen LogP contribution in [0.4, 0.5) is 11.4 Å². The molecule has 4 rings (SSSR count). The Morgan fingerprint density at radius 3 is 2.61 bits per heavy atom.